The maximum atomic E-state index is 13.6. The second kappa shape index (κ2) is 13.5. The van der Waals surface area contributed by atoms with Gasteiger partial charge in [0.2, 0.25) is 11.7 Å². The predicted octanol–water partition coefficient (Wildman–Crippen LogP) is 5.49. The van der Waals surface area contributed by atoms with Crippen LogP contribution in [0.5, 0.6) is 0 Å². The van der Waals surface area contributed by atoms with Crippen molar-refractivity contribution in [1.82, 2.24) is 14.9 Å². The van der Waals surface area contributed by atoms with Crippen LogP contribution in [0, 0.1) is 19.8 Å². The van der Waals surface area contributed by atoms with E-state index < -0.39 is 12.0 Å². The molecule has 10 heteroatoms. The Labute approximate surface area is 202 Å². The van der Waals surface area contributed by atoms with Crippen LogP contribution in [0.15, 0.2) is 58.4 Å². The molecule has 1 aromatic heterocycles. The number of carbonyl (C=O) groups excluding carboxylic acids is 1. The highest BCUT2D eigenvalue weighted by Crippen LogP contribution is 2.34. The molecule has 0 bridgehead atoms. The van der Waals surface area contributed by atoms with E-state index in [0.717, 1.165) is 22.8 Å². The fourth-order valence-electron chi connectivity index (χ4n) is 2.87. The molecular formula is C25H28F3N5O2. The van der Waals surface area contributed by atoms with Crippen molar-refractivity contribution < 1.29 is 22.7 Å². The van der Waals surface area contributed by atoms with E-state index >= 15 is 0 Å². The van der Waals surface area contributed by atoms with Gasteiger partial charge in [0.1, 0.15) is 11.6 Å². The van der Waals surface area contributed by atoms with Crippen LogP contribution in [-0.4, -0.2) is 35.1 Å². The van der Waals surface area contributed by atoms with Gasteiger partial charge in [0.15, 0.2) is 5.82 Å². The molecule has 0 aliphatic carbocycles. The van der Waals surface area contributed by atoms with Crippen LogP contribution in [0.1, 0.15) is 38.1 Å². The van der Waals surface area contributed by atoms with Gasteiger partial charge in [0, 0.05) is 6.42 Å². The van der Waals surface area contributed by atoms with Crippen molar-refractivity contribution in [2.24, 2.45) is 9.98 Å². The Kier molecular flexibility index (Phi) is 11.2. The molecule has 0 atom stereocenters. The number of amides is 1. The summed E-state index contributed by atoms with van der Waals surface area (Å²) >= 11 is 0. The molecule has 1 amide bonds. The highest BCUT2D eigenvalue weighted by atomic mass is 19.4. The Bertz CT molecular complexity index is 1180. The van der Waals surface area contributed by atoms with E-state index in [0.29, 0.717) is 5.76 Å². The van der Waals surface area contributed by atoms with Gasteiger partial charge in [-0.25, -0.2) is 15.0 Å². The zero-order chi connectivity index (χ0) is 26.6. The number of nitrogens with one attached hydrogen (secondary N) is 1. The predicted molar refractivity (Wildman–Crippen MR) is 134 cm³/mol. The van der Waals surface area contributed by atoms with Crippen molar-refractivity contribution in [2.45, 2.75) is 39.8 Å². The monoisotopic (exact) mass is 487 g/mol. The van der Waals surface area contributed by atoms with Gasteiger partial charge in [-0.15, -0.1) is 12.8 Å². The van der Waals surface area contributed by atoms with Crippen LogP contribution >= 0.6 is 0 Å². The van der Waals surface area contributed by atoms with Gasteiger partial charge in [-0.05, 0) is 56.8 Å². The molecule has 0 fully saturated rings. The number of methoxy groups -OCH3 is 1. The molecular weight excluding hydrogens is 459 g/mol. The summed E-state index contributed by atoms with van der Waals surface area (Å²) in [4.78, 5) is 23.6. The minimum absolute atomic E-state index is 0.0318. The van der Waals surface area contributed by atoms with Crippen LogP contribution in [0.25, 0.3) is 16.9 Å². The van der Waals surface area contributed by atoms with Gasteiger partial charge in [0.25, 0.3) is 0 Å². The lowest BCUT2D eigenvalue weighted by atomic mass is 10.2. The van der Waals surface area contributed by atoms with E-state index in [1.54, 1.807) is 31.2 Å². The third kappa shape index (κ3) is 8.30. The molecule has 0 spiro atoms. The summed E-state index contributed by atoms with van der Waals surface area (Å²) in [6, 6.07) is 4.75. The molecule has 0 aliphatic rings. The van der Waals surface area contributed by atoms with E-state index in [-0.39, 0.29) is 35.0 Å². The van der Waals surface area contributed by atoms with Gasteiger partial charge in [-0.2, -0.15) is 13.2 Å². The Morgan fingerprint density at radius 2 is 2.03 bits per heavy atom. The molecule has 0 unspecified atom stereocenters. The minimum Gasteiger partial charge on any atom is -0.497 e. The second-order valence-electron chi connectivity index (χ2n) is 6.99. The molecule has 1 N–H and O–H groups in total. The SMILES string of the molecule is C#C.C=N/C(=C\N=C(C)NC(=O)C/C=C(\C=C/CC)OC)n1c(C(F)(F)F)nc2cc(C)ccc21. The molecule has 0 saturated heterocycles. The Morgan fingerprint density at radius 1 is 1.34 bits per heavy atom. The van der Waals surface area contributed by atoms with Crippen molar-refractivity contribution in [2.75, 3.05) is 7.11 Å². The number of fused-ring (bicyclic) bond motifs is 1. The number of alkyl halides is 3. The van der Waals surface area contributed by atoms with Crippen molar-refractivity contribution in [3.05, 3.63) is 59.8 Å². The van der Waals surface area contributed by atoms with Gasteiger partial charge in [-0.1, -0.05) is 19.1 Å². The number of carbonyl (C=O) groups is 1. The average Bonchev–Trinajstić information content (AvgIpc) is 3.20. The number of hydrogen-bond acceptors (Lipinski definition) is 5. The first-order valence-corrected chi connectivity index (χ1v) is 10.4. The number of benzene rings is 1. The number of imidazole rings is 1. The normalized spacial score (nSPS) is 12.9. The van der Waals surface area contributed by atoms with Crippen LogP contribution < -0.4 is 5.32 Å². The van der Waals surface area contributed by atoms with E-state index in [9.17, 15) is 18.0 Å². The first-order valence-electron chi connectivity index (χ1n) is 10.4. The Balaban J connectivity index is 0.00000298. The topological polar surface area (TPSA) is 80.9 Å². The smallest absolute Gasteiger partial charge is 0.450 e. The van der Waals surface area contributed by atoms with E-state index in [1.165, 1.54) is 20.1 Å². The number of halogens is 3. The first kappa shape index (κ1) is 28.9. The van der Waals surface area contributed by atoms with E-state index in [2.05, 4.69) is 39.8 Å². The summed E-state index contributed by atoms with van der Waals surface area (Å²) in [5, 5.41) is 2.56. The van der Waals surface area contributed by atoms with Crippen LogP contribution in [-0.2, 0) is 15.7 Å². The van der Waals surface area contributed by atoms with Crippen molar-refractivity contribution in [3.8, 4) is 12.8 Å². The number of terminal acetylenes is 1. The summed E-state index contributed by atoms with van der Waals surface area (Å²) in [7, 11) is 1.50. The molecule has 0 aliphatic heterocycles. The molecule has 0 radical (unpaired) electrons. The molecule has 2 aromatic rings. The number of hydrogen-bond donors (Lipinski definition) is 1. The lowest BCUT2D eigenvalue weighted by molar-refractivity contribution is -0.145. The third-order valence-electron chi connectivity index (χ3n) is 4.39. The van der Waals surface area contributed by atoms with Crippen LogP contribution in [0.2, 0.25) is 0 Å². The Hall–Kier alpha value is -4.13. The summed E-state index contributed by atoms with van der Waals surface area (Å²) in [5.41, 5.74) is 1.15. The summed E-state index contributed by atoms with van der Waals surface area (Å²) in [6.07, 6.45) is 10.5. The second-order valence-corrected chi connectivity index (χ2v) is 6.99. The maximum absolute atomic E-state index is 13.6. The van der Waals surface area contributed by atoms with Crippen molar-refractivity contribution >= 4 is 35.3 Å². The maximum Gasteiger partial charge on any atom is 0.450 e. The van der Waals surface area contributed by atoms with E-state index in [1.807, 2.05) is 13.0 Å². The number of allylic oxidation sites excluding steroid dienone is 2. The molecule has 0 saturated carbocycles. The van der Waals surface area contributed by atoms with Crippen LogP contribution in [0.3, 0.4) is 0 Å². The fourth-order valence-corrected chi connectivity index (χ4v) is 2.87. The number of aryl methyl sites for hydroxylation is 1. The van der Waals surface area contributed by atoms with Gasteiger partial charge >= 0.3 is 6.18 Å². The quantitative estimate of drug-likeness (QED) is 0.176. The Morgan fingerprint density at radius 3 is 2.60 bits per heavy atom. The molecule has 7 nitrogen and oxygen atoms in total. The minimum atomic E-state index is -4.72. The summed E-state index contributed by atoms with van der Waals surface area (Å²) in [5.74, 6) is -0.978. The lowest BCUT2D eigenvalue weighted by Crippen LogP contribution is -2.27. The molecule has 186 valence electrons. The fraction of sp³-hybridized carbons (Fsp3) is 0.280. The molecule has 1 aromatic carbocycles. The highest BCUT2D eigenvalue weighted by Gasteiger charge is 2.38. The van der Waals surface area contributed by atoms with Crippen molar-refractivity contribution in [1.29, 1.82) is 0 Å². The summed E-state index contributed by atoms with van der Waals surface area (Å²) in [6.45, 7) is 8.61. The number of rotatable bonds is 8. The zero-order valence-corrected chi connectivity index (χ0v) is 20.1. The van der Waals surface area contributed by atoms with E-state index in [4.69, 9.17) is 4.74 Å². The lowest BCUT2D eigenvalue weighted by Gasteiger charge is -2.11. The van der Waals surface area contributed by atoms with Gasteiger partial charge in [0.05, 0.1) is 24.3 Å². The number of nitrogens with zero attached hydrogens (tertiary/aromatic N) is 4. The number of aliphatic imine (C=N–C) groups is 2. The molecule has 35 heavy (non-hydrogen) atoms. The summed E-state index contributed by atoms with van der Waals surface area (Å²) < 4.78 is 46.9. The standard InChI is InChI=1S/C23H26F3N5O2.C2H2/c1-6-7-8-17(33-5)10-12-21(32)29-16(3)28-14-20(27-4)31-19-11-9-15(2)13-18(19)30-22(31)23(24,25)26;1-2/h7-11,13-14H,4,6,12H2,1-3,5H3,(H,28,29,32);1-2H/b8-7-,17-10+,20-14+;. The molecule has 1 heterocycles. The zero-order valence-electron chi connectivity index (χ0n) is 20.1. The number of ether oxygens (including phenoxy) is 1. The first-order chi connectivity index (χ1) is 16.6. The number of amidine groups is 1. The van der Waals surface area contributed by atoms with Gasteiger partial charge in [-0.3, -0.25) is 9.36 Å². The van der Waals surface area contributed by atoms with Crippen LogP contribution in [0.4, 0.5) is 13.2 Å². The van der Waals surface area contributed by atoms with Gasteiger partial charge < -0.3 is 10.1 Å². The largest absolute Gasteiger partial charge is 0.497 e. The third-order valence-corrected chi connectivity index (χ3v) is 4.39. The highest BCUT2D eigenvalue weighted by molar-refractivity contribution is 5.97. The number of aromatic nitrogens is 2. The van der Waals surface area contributed by atoms with Crippen molar-refractivity contribution in [3.63, 3.8) is 0 Å². The molecule has 2 rings (SSSR count). The average molecular weight is 488 g/mol.